The van der Waals surface area contributed by atoms with Gasteiger partial charge >= 0.3 is 0 Å². The molecule has 0 bridgehead atoms. The van der Waals surface area contributed by atoms with E-state index in [0.717, 1.165) is 11.8 Å². The number of halogens is 1. The molecule has 0 fully saturated rings. The first-order valence-electron chi connectivity index (χ1n) is 7.79. The van der Waals surface area contributed by atoms with Crippen molar-refractivity contribution in [2.24, 2.45) is 11.3 Å². The molecule has 2 N–H and O–H groups in total. The molecule has 2 amide bonds. The van der Waals surface area contributed by atoms with E-state index in [1.54, 1.807) is 45.0 Å². The summed E-state index contributed by atoms with van der Waals surface area (Å²) in [6, 6.07) is 10.8. The topological polar surface area (TPSA) is 106 Å². The third-order valence-electron chi connectivity index (χ3n) is 4.09. The normalized spacial score (nSPS) is 19.8. The molecule has 0 saturated heterocycles. The number of hydrogen-bond acceptors (Lipinski definition) is 5. The van der Waals surface area contributed by atoms with Gasteiger partial charge in [0.25, 0.3) is 0 Å². The molecular formula is C18H17ClN4O2S. The summed E-state index contributed by atoms with van der Waals surface area (Å²) in [5.41, 5.74) is -0.0878. The zero-order chi connectivity index (χ0) is 19.5. The number of rotatable bonds is 4. The molecule has 0 aliphatic carbocycles. The second-order valence-corrected chi connectivity index (χ2v) is 8.14. The minimum atomic E-state index is -0.961. The van der Waals surface area contributed by atoms with Crippen LogP contribution in [-0.2, 0) is 9.59 Å². The first kappa shape index (κ1) is 19.8. The SMILES string of the molecule is C[C@H](SC1=C(C#N)C(C)(C)[C@@H](C#N)C(=O)N1)C(=O)Nc1cccc(Cl)c1. The van der Waals surface area contributed by atoms with Crippen molar-refractivity contribution in [1.29, 1.82) is 10.5 Å². The zero-order valence-electron chi connectivity index (χ0n) is 14.5. The van der Waals surface area contributed by atoms with E-state index >= 15 is 0 Å². The Morgan fingerprint density at radius 3 is 2.69 bits per heavy atom. The van der Waals surface area contributed by atoms with Crippen molar-refractivity contribution < 1.29 is 9.59 Å². The van der Waals surface area contributed by atoms with E-state index in [4.69, 9.17) is 11.6 Å². The number of hydrogen-bond donors (Lipinski definition) is 2. The lowest BCUT2D eigenvalue weighted by molar-refractivity contribution is -0.125. The number of benzene rings is 1. The number of nitriles is 2. The molecule has 0 unspecified atom stereocenters. The van der Waals surface area contributed by atoms with E-state index in [0.29, 0.717) is 15.7 Å². The van der Waals surface area contributed by atoms with Crippen molar-refractivity contribution in [3.8, 4) is 12.1 Å². The van der Waals surface area contributed by atoms with Crippen LogP contribution in [0.15, 0.2) is 34.9 Å². The molecule has 134 valence electrons. The molecule has 0 radical (unpaired) electrons. The standard InChI is InChI=1S/C18H17ClN4O2S/c1-10(15(24)22-12-6-4-5-11(19)7-12)26-17-14(9-21)18(2,3)13(8-20)16(25)23-17/h4-7,10,13H,1-3H3,(H,22,24)(H,23,25)/t10-,13-/m0/s1. The molecule has 0 aromatic heterocycles. The minimum Gasteiger partial charge on any atom is -0.325 e. The molecule has 2 atom stereocenters. The number of nitrogens with one attached hydrogen (secondary N) is 2. The fourth-order valence-electron chi connectivity index (χ4n) is 2.55. The summed E-state index contributed by atoms with van der Waals surface area (Å²) in [5, 5.41) is 24.3. The Morgan fingerprint density at radius 2 is 2.12 bits per heavy atom. The van der Waals surface area contributed by atoms with Crippen LogP contribution >= 0.6 is 23.4 Å². The first-order chi connectivity index (χ1) is 12.2. The average Bonchev–Trinajstić information content (AvgIpc) is 2.54. The maximum absolute atomic E-state index is 12.4. The van der Waals surface area contributed by atoms with Gasteiger partial charge in [0.05, 0.1) is 28.0 Å². The van der Waals surface area contributed by atoms with Crippen LogP contribution in [-0.4, -0.2) is 17.1 Å². The monoisotopic (exact) mass is 388 g/mol. The molecule has 1 aliphatic rings. The Morgan fingerprint density at radius 1 is 1.42 bits per heavy atom. The van der Waals surface area contributed by atoms with Gasteiger partial charge in [-0.2, -0.15) is 10.5 Å². The van der Waals surface area contributed by atoms with E-state index in [9.17, 15) is 20.1 Å². The van der Waals surface area contributed by atoms with Gasteiger partial charge in [-0.25, -0.2) is 0 Å². The Balaban J connectivity index is 2.21. The van der Waals surface area contributed by atoms with Gasteiger partial charge in [0.1, 0.15) is 5.92 Å². The van der Waals surface area contributed by atoms with Crippen LogP contribution in [0.25, 0.3) is 0 Å². The Labute approximate surface area is 161 Å². The van der Waals surface area contributed by atoms with Gasteiger partial charge in [0, 0.05) is 16.1 Å². The molecule has 1 aliphatic heterocycles. The molecule has 8 heteroatoms. The Bertz CT molecular complexity index is 867. The van der Waals surface area contributed by atoms with E-state index in [-0.39, 0.29) is 11.5 Å². The largest absolute Gasteiger partial charge is 0.325 e. The smallest absolute Gasteiger partial charge is 0.243 e. The van der Waals surface area contributed by atoms with Gasteiger partial charge in [-0.3, -0.25) is 9.59 Å². The van der Waals surface area contributed by atoms with Crippen molar-refractivity contribution >= 4 is 40.9 Å². The highest BCUT2D eigenvalue weighted by molar-refractivity contribution is 8.04. The van der Waals surface area contributed by atoms with Crippen molar-refractivity contribution in [2.45, 2.75) is 26.0 Å². The molecule has 26 heavy (non-hydrogen) atoms. The van der Waals surface area contributed by atoms with Gasteiger partial charge in [-0.15, -0.1) is 0 Å². The van der Waals surface area contributed by atoms with E-state index < -0.39 is 22.5 Å². The number of nitrogens with zero attached hydrogens (tertiary/aromatic N) is 2. The summed E-state index contributed by atoms with van der Waals surface area (Å²) in [7, 11) is 0. The molecule has 6 nitrogen and oxygen atoms in total. The van der Waals surface area contributed by atoms with Crippen molar-refractivity contribution in [3.05, 3.63) is 39.9 Å². The third-order valence-corrected chi connectivity index (χ3v) is 5.43. The number of allylic oxidation sites excluding steroid dienone is 1. The number of anilines is 1. The number of carbonyl (C=O) groups is 2. The maximum atomic E-state index is 12.4. The van der Waals surface area contributed by atoms with E-state index in [2.05, 4.69) is 16.7 Å². The van der Waals surface area contributed by atoms with Crippen LogP contribution in [0.3, 0.4) is 0 Å². The fraction of sp³-hybridized carbons (Fsp3) is 0.333. The van der Waals surface area contributed by atoms with Gasteiger partial charge < -0.3 is 10.6 Å². The first-order valence-corrected chi connectivity index (χ1v) is 9.05. The summed E-state index contributed by atoms with van der Waals surface area (Å²) in [5.74, 6) is -1.73. The molecule has 2 rings (SSSR count). The van der Waals surface area contributed by atoms with Gasteiger partial charge in [0.15, 0.2) is 0 Å². The lowest BCUT2D eigenvalue weighted by atomic mass is 9.72. The number of carbonyl (C=O) groups excluding carboxylic acids is 2. The predicted octanol–water partition coefficient (Wildman–Crippen LogP) is 3.43. The summed E-state index contributed by atoms with van der Waals surface area (Å²) in [6.07, 6.45) is 0. The lowest BCUT2D eigenvalue weighted by Gasteiger charge is -2.35. The fourth-order valence-corrected chi connectivity index (χ4v) is 3.85. The Hall–Kier alpha value is -2.48. The van der Waals surface area contributed by atoms with Gasteiger partial charge in [-0.05, 0) is 25.1 Å². The van der Waals surface area contributed by atoms with Crippen molar-refractivity contribution in [2.75, 3.05) is 5.32 Å². The second kappa shape index (κ2) is 7.82. The highest BCUT2D eigenvalue weighted by Crippen LogP contribution is 2.42. The van der Waals surface area contributed by atoms with Crippen LogP contribution in [0.2, 0.25) is 5.02 Å². The maximum Gasteiger partial charge on any atom is 0.243 e. The lowest BCUT2D eigenvalue weighted by Crippen LogP contribution is -2.45. The summed E-state index contributed by atoms with van der Waals surface area (Å²) in [6.45, 7) is 5.02. The van der Waals surface area contributed by atoms with Gasteiger partial charge in [0.2, 0.25) is 11.8 Å². The molecule has 1 aromatic rings. The van der Waals surface area contributed by atoms with Crippen molar-refractivity contribution in [1.82, 2.24) is 5.32 Å². The number of thioether (sulfide) groups is 1. The molecular weight excluding hydrogens is 372 g/mol. The summed E-state index contributed by atoms with van der Waals surface area (Å²) >= 11 is 6.98. The summed E-state index contributed by atoms with van der Waals surface area (Å²) < 4.78 is 0. The molecule has 1 heterocycles. The highest BCUT2D eigenvalue weighted by Gasteiger charge is 2.45. The summed E-state index contributed by atoms with van der Waals surface area (Å²) in [4.78, 5) is 24.6. The Kier molecular flexibility index (Phi) is 5.97. The second-order valence-electron chi connectivity index (χ2n) is 6.35. The van der Waals surface area contributed by atoms with Gasteiger partial charge in [-0.1, -0.05) is 43.3 Å². The zero-order valence-corrected chi connectivity index (χ0v) is 16.0. The van der Waals surface area contributed by atoms with E-state index in [1.165, 1.54) is 0 Å². The predicted molar refractivity (Wildman–Crippen MR) is 101 cm³/mol. The van der Waals surface area contributed by atoms with Crippen LogP contribution in [0.1, 0.15) is 20.8 Å². The third kappa shape index (κ3) is 4.01. The van der Waals surface area contributed by atoms with Crippen LogP contribution < -0.4 is 10.6 Å². The quantitative estimate of drug-likeness (QED) is 0.821. The van der Waals surface area contributed by atoms with Crippen LogP contribution in [0, 0.1) is 34.0 Å². The molecule has 0 spiro atoms. The molecule has 0 saturated carbocycles. The molecule has 1 aromatic carbocycles. The highest BCUT2D eigenvalue weighted by atomic mass is 35.5. The van der Waals surface area contributed by atoms with Crippen molar-refractivity contribution in [3.63, 3.8) is 0 Å². The van der Waals surface area contributed by atoms with Crippen LogP contribution in [0.4, 0.5) is 5.69 Å². The van der Waals surface area contributed by atoms with E-state index in [1.807, 2.05) is 6.07 Å². The average molecular weight is 389 g/mol. The number of amides is 2. The minimum absolute atomic E-state index is 0.288. The van der Waals surface area contributed by atoms with Crippen LogP contribution in [0.5, 0.6) is 0 Å².